The van der Waals surface area contributed by atoms with Crippen LogP contribution in [0.15, 0.2) is 18.2 Å². The SMILES string of the molecule is COc1cc([AsH2])cc2c(O)cc(C(=O)O)nc12. The van der Waals surface area contributed by atoms with Gasteiger partial charge in [-0.15, -0.1) is 0 Å². The third-order valence-electron chi connectivity index (χ3n) is 2.32. The molecule has 1 unspecified atom stereocenters. The number of carbonyl (C=O) groups is 1. The predicted octanol–water partition coefficient (Wildman–Crippen LogP) is -0.0944. The Labute approximate surface area is 106 Å². The van der Waals surface area contributed by atoms with Gasteiger partial charge in [0.25, 0.3) is 0 Å². The van der Waals surface area contributed by atoms with Crippen molar-refractivity contribution in [2.24, 2.45) is 0 Å². The summed E-state index contributed by atoms with van der Waals surface area (Å²) in [6, 6.07) is 4.66. The molecule has 1 aromatic heterocycles. The molecule has 0 aliphatic heterocycles. The maximum absolute atomic E-state index is 10.9. The quantitative estimate of drug-likeness (QED) is 0.757. The van der Waals surface area contributed by atoms with E-state index in [0.29, 0.717) is 16.7 Å². The van der Waals surface area contributed by atoms with Crippen molar-refractivity contribution in [2.75, 3.05) is 7.11 Å². The molecule has 0 radical (unpaired) electrons. The molecule has 0 aliphatic carbocycles. The molecule has 2 N–H and O–H groups in total. The average Bonchev–Trinajstić information content (AvgIpc) is 2.28. The van der Waals surface area contributed by atoms with Gasteiger partial charge in [0.1, 0.15) is 0 Å². The third-order valence-corrected chi connectivity index (χ3v) is 3.02. The summed E-state index contributed by atoms with van der Waals surface area (Å²) < 4.78 is 6.10. The van der Waals surface area contributed by atoms with E-state index in [1.165, 1.54) is 24.0 Å². The Kier molecular flexibility index (Phi) is 2.94. The molecule has 0 saturated carbocycles. The fraction of sp³-hybridized carbons (Fsp3) is 0.0909. The molecule has 5 nitrogen and oxygen atoms in total. The van der Waals surface area contributed by atoms with Gasteiger partial charge in [0.05, 0.1) is 0 Å². The van der Waals surface area contributed by atoms with Crippen molar-refractivity contribution >= 4 is 38.1 Å². The number of rotatable bonds is 2. The molecule has 0 bridgehead atoms. The summed E-state index contributed by atoms with van der Waals surface area (Å²) in [6.07, 6.45) is 0. The molecular weight excluding hydrogens is 285 g/mol. The van der Waals surface area contributed by atoms with E-state index < -0.39 is 5.97 Å². The first-order valence-electron chi connectivity index (χ1n) is 4.73. The topological polar surface area (TPSA) is 79.7 Å². The molecule has 1 atom stereocenters. The predicted molar refractivity (Wildman–Crippen MR) is 65.1 cm³/mol. The van der Waals surface area contributed by atoms with Crippen molar-refractivity contribution in [1.29, 1.82) is 0 Å². The number of ether oxygens (including phenoxy) is 1. The van der Waals surface area contributed by atoms with Crippen LogP contribution in [0.25, 0.3) is 10.9 Å². The Morgan fingerprint density at radius 3 is 2.71 bits per heavy atom. The standard InChI is InChI=1S/C11H10AsNO4/c1-17-9-3-5(12)2-6-8(14)4-7(11(15)16)13-10(6)9/h2-4H,12H2,1H3,(H,13,14)(H,15,16). The van der Waals surface area contributed by atoms with E-state index in [4.69, 9.17) is 9.84 Å². The molecule has 6 heteroatoms. The average molecular weight is 295 g/mol. The molecule has 0 aliphatic rings. The van der Waals surface area contributed by atoms with Crippen molar-refractivity contribution in [3.05, 3.63) is 23.9 Å². The number of carboxylic acids is 1. The van der Waals surface area contributed by atoms with E-state index in [1.807, 2.05) is 0 Å². The summed E-state index contributed by atoms with van der Waals surface area (Å²) in [6.45, 7) is 0. The minimum atomic E-state index is -1.19. The second-order valence-corrected chi connectivity index (χ2v) is 4.85. The summed E-state index contributed by atoms with van der Waals surface area (Å²) in [4.78, 5) is 14.8. The van der Waals surface area contributed by atoms with Gasteiger partial charge in [-0.1, -0.05) is 0 Å². The number of aromatic carboxylic acids is 1. The zero-order valence-electron chi connectivity index (χ0n) is 8.97. The molecule has 1 aromatic carbocycles. The van der Waals surface area contributed by atoms with Crippen LogP contribution in [0.2, 0.25) is 0 Å². The Balaban J connectivity index is 2.86. The molecule has 0 fully saturated rings. The molecule has 0 amide bonds. The number of fused-ring (bicyclic) bond motifs is 1. The second kappa shape index (κ2) is 4.26. The first kappa shape index (κ1) is 11.7. The van der Waals surface area contributed by atoms with Gasteiger partial charge in [-0.2, -0.15) is 0 Å². The van der Waals surface area contributed by atoms with Gasteiger partial charge in [-0.25, -0.2) is 0 Å². The number of pyridine rings is 1. The Morgan fingerprint density at radius 1 is 1.41 bits per heavy atom. The zero-order chi connectivity index (χ0) is 12.6. The number of methoxy groups -OCH3 is 1. The van der Waals surface area contributed by atoms with E-state index in [1.54, 1.807) is 12.1 Å². The van der Waals surface area contributed by atoms with Gasteiger partial charge < -0.3 is 0 Å². The van der Waals surface area contributed by atoms with E-state index in [2.05, 4.69) is 4.98 Å². The van der Waals surface area contributed by atoms with Crippen LogP contribution < -0.4 is 9.09 Å². The van der Waals surface area contributed by atoms with Crippen LogP contribution in [-0.2, 0) is 0 Å². The Bertz CT molecular complexity index is 612. The number of nitrogens with zero attached hydrogens (tertiary/aromatic N) is 1. The molecule has 2 aromatic rings. The summed E-state index contributed by atoms with van der Waals surface area (Å²) >= 11 is 1.38. The molecule has 2 rings (SSSR count). The van der Waals surface area contributed by atoms with Gasteiger partial charge in [-0.05, 0) is 0 Å². The van der Waals surface area contributed by atoms with Crippen LogP contribution in [0, 0.1) is 0 Å². The van der Waals surface area contributed by atoms with Gasteiger partial charge >= 0.3 is 105 Å². The van der Waals surface area contributed by atoms with Crippen molar-refractivity contribution < 1.29 is 19.7 Å². The van der Waals surface area contributed by atoms with Crippen molar-refractivity contribution in [3.8, 4) is 11.5 Å². The van der Waals surface area contributed by atoms with Gasteiger partial charge in [-0.3, -0.25) is 0 Å². The molecule has 17 heavy (non-hydrogen) atoms. The summed E-state index contributed by atoms with van der Waals surface area (Å²) in [5.74, 6) is -0.834. The molecule has 0 saturated heterocycles. The van der Waals surface area contributed by atoms with Gasteiger partial charge in [0.15, 0.2) is 0 Å². The van der Waals surface area contributed by atoms with Crippen LogP contribution in [0.1, 0.15) is 10.5 Å². The number of benzene rings is 1. The zero-order valence-corrected chi connectivity index (χ0v) is 11.4. The number of aromatic hydroxyl groups is 1. The van der Waals surface area contributed by atoms with E-state index >= 15 is 0 Å². The normalized spacial score (nSPS) is 10.5. The maximum atomic E-state index is 10.9. The second-order valence-electron chi connectivity index (χ2n) is 3.45. The summed E-state index contributed by atoms with van der Waals surface area (Å²) in [7, 11) is 1.48. The first-order valence-corrected chi connectivity index (χ1v) is 5.94. The fourth-order valence-corrected chi connectivity index (χ4v) is 2.23. The fourth-order valence-electron chi connectivity index (χ4n) is 1.56. The van der Waals surface area contributed by atoms with Crippen LogP contribution in [-0.4, -0.2) is 45.1 Å². The van der Waals surface area contributed by atoms with Crippen molar-refractivity contribution in [1.82, 2.24) is 4.98 Å². The number of aromatic nitrogens is 1. The van der Waals surface area contributed by atoms with E-state index in [-0.39, 0.29) is 11.4 Å². The third kappa shape index (κ3) is 2.06. The molecule has 0 spiro atoms. The monoisotopic (exact) mass is 295 g/mol. The number of hydrogen-bond donors (Lipinski definition) is 2. The molecule has 1 heterocycles. The number of carboxylic acid groups (broad SMARTS) is 1. The van der Waals surface area contributed by atoms with E-state index in [9.17, 15) is 9.90 Å². The van der Waals surface area contributed by atoms with E-state index in [0.717, 1.165) is 10.4 Å². The minimum absolute atomic E-state index is 0.106. The van der Waals surface area contributed by atoms with Crippen LogP contribution in [0.4, 0.5) is 0 Å². The molecule has 88 valence electrons. The van der Waals surface area contributed by atoms with Crippen LogP contribution >= 0.6 is 0 Å². The Morgan fingerprint density at radius 2 is 2.12 bits per heavy atom. The Hall–Kier alpha value is -1.74. The van der Waals surface area contributed by atoms with Crippen LogP contribution in [0.5, 0.6) is 11.5 Å². The summed E-state index contributed by atoms with van der Waals surface area (Å²) in [5.41, 5.74) is 0.147. The summed E-state index contributed by atoms with van der Waals surface area (Å²) in [5, 5.41) is 19.2. The first-order chi connectivity index (χ1) is 8.02. The van der Waals surface area contributed by atoms with Gasteiger partial charge in [0.2, 0.25) is 0 Å². The molecular formula is C11H10AsNO4. The number of hydrogen-bond acceptors (Lipinski definition) is 4. The van der Waals surface area contributed by atoms with Crippen LogP contribution in [0.3, 0.4) is 0 Å². The van der Waals surface area contributed by atoms with Gasteiger partial charge in [0, 0.05) is 0 Å². The van der Waals surface area contributed by atoms with Crippen molar-refractivity contribution in [3.63, 3.8) is 0 Å². The van der Waals surface area contributed by atoms with Crippen molar-refractivity contribution in [2.45, 2.75) is 0 Å².